The molecule has 0 aromatic carbocycles. The molecule has 0 aromatic rings. The molecule has 1 heterocycles. The van der Waals surface area contributed by atoms with Crippen LogP contribution in [0.3, 0.4) is 0 Å². The molecule has 0 saturated carbocycles. The quantitative estimate of drug-likeness (QED) is 0.786. The smallest absolute Gasteiger partial charge is 0.308 e. The maximum absolute atomic E-state index is 11.4. The average Bonchev–Trinajstić information content (AvgIpc) is 2.46. The van der Waals surface area contributed by atoms with E-state index in [2.05, 4.69) is 25.2 Å². The van der Waals surface area contributed by atoms with Crippen LogP contribution in [0.5, 0.6) is 0 Å². The normalized spacial score (nSPS) is 41.6. The lowest BCUT2D eigenvalue weighted by Gasteiger charge is -2.40. The summed E-state index contributed by atoms with van der Waals surface area (Å²) in [5.41, 5.74) is 1.27. The lowest BCUT2D eigenvalue weighted by molar-refractivity contribution is -0.160. The highest BCUT2D eigenvalue weighted by molar-refractivity contribution is 5.70. The third-order valence-corrected chi connectivity index (χ3v) is 5.43. The van der Waals surface area contributed by atoms with E-state index in [9.17, 15) is 15.0 Å². The SMILES string of the molecule is CC1C=CC2=CCCC(O)C2C1CCC1CC(O)CC(=O)O1. The largest absolute Gasteiger partial charge is 0.462 e. The molecule has 4 heteroatoms. The topological polar surface area (TPSA) is 66.8 Å². The Morgan fingerprint density at radius 3 is 2.91 bits per heavy atom. The minimum Gasteiger partial charge on any atom is -0.462 e. The Hall–Kier alpha value is -1.13. The molecule has 0 radical (unpaired) electrons. The van der Waals surface area contributed by atoms with Gasteiger partial charge in [-0.3, -0.25) is 4.79 Å². The van der Waals surface area contributed by atoms with E-state index in [1.54, 1.807) is 0 Å². The fourth-order valence-electron chi connectivity index (χ4n) is 4.26. The predicted octanol–water partition coefficient (Wildman–Crippen LogP) is 2.35. The zero-order valence-electron chi connectivity index (χ0n) is 13.1. The van der Waals surface area contributed by atoms with Crippen molar-refractivity contribution < 1.29 is 19.7 Å². The molecule has 0 amide bonds. The third kappa shape index (κ3) is 3.28. The minimum absolute atomic E-state index is 0.118. The molecule has 1 saturated heterocycles. The number of allylic oxidation sites excluding steroid dienone is 3. The first kappa shape index (κ1) is 15.8. The summed E-state index contributed by atoms with van der Waals surface area (Å²) in [7, 11) is 0. The number of cyclic esters (lactones) is 1. The molecule has 3 aliphatic rings. The number of carbonyl (C=O) groups is 1. The van der Waals surface area contributed by atoms with Gasteiger partial charge in [0.2, 0.25) is 0 Å². The van der Waals surface area contributed by atoms with Crippen LogP contribution in [0, 0.1) is 17.8 Å². The van der Waals surface area contributed by atoms with Gasteiger partial charge in [0.1, 0.15) is 6.10 Å². The van der Waals surface area contributed by atoms with Gasteiger partial charge in [-0.2, -0.15) is 0 Å². The Bertz CT molecular complexity index is 481. The summed E-state index contributed by atoms with van der Waals surface area (Å²) in [6.45, 7) is 2.20. The van der Waals surface area contributed by atoms with Crippen molar-refractivity contribution in [1.29, 1.82) is 0 Å². The van der Waals surface area contributed by atoms with Gasteiger partial charge in [-0.15, -0.1) is 0 Å². The van der Waals surface area contributed by atoms with Crippen molar-refractivity contribution in [3.63, 3.8) is 0 Å². The standard InChI is InChI=1S/C18H26O4/c1-11-5-6-12-3-2-4-16(20)18(12)15(11)8-7-14-9-13(19)10-17(21)22-14/h3,5-6,11,13-16,18-20H,2,4,7-10H2,1H3. The van der Waals surface area contributed by atoms with Crippen LogP contribution in [0.4, 0.5) is 0 Å². The van der Waals surface area contributed by atoms with Gasteiger partial charge in [-0.05, 0) is 43.1 Å². The molecular formula is C18H26O4. The van der Waals surface area contributed by atoms with Gasteiger partial charge in [-0.1, -0.05) is 25.2 Å². The van der Waals surface area contributed by atoms with Crippen LogP contribution in [-0.4, -0.2) is 34.5 Å². The number of aliphatic hydroxyl groups excluding tert-OH is 2. The summed E-state index contributed by atoms with van der Waals surface area (Å²) < 4.78 is 5.35. The lowest BCUT2D eigenvalue weighted by Crippen LogP contribution is -2.38. The van der Waals surface area contributed by atoms with Gasteiger partial charge in [0.05, 0.1) is 18.6 Å². The zero-order chi connectivity index (χ0) is 15.7. The van der Waals surface area contributed by atoms with Crippen molar-refractivity contribution >= 4 is 5.97 Å². The van der Waals surface area contributed by atoms with Crippen LogP contribution in [-0.2, 0) is 9.53 Å². The fraction of sp³-hybridized carbons (Fsp3) is 0.722. The molecule has 0 aromatic heterocycles. The highest BCUT2D eigenvalue weighted by atomic mass is 16.5. The van der Waals surface area contributed by atoms with Gasteiger partial charge in [0, 0.05) is 12.3 Å². The highest BCUT2D eigenvalue weighted by Gasteiger charge is 2.38. The predicted molar refractivity (Wildman–Crippen MR) is 83.0 cm³/mol. The summed E-state index contributed by atoms with van der Waals surface area (Å²) in [5, 5.41) is 20.1. The second-order valence-corrected chi connectivity index (χ2v) is 7.04. The van der Waals surface area contributed by atoms with E-state index in [1.165, 1.54) is 5.57 Å². The van der Waals surface area contributed by atoms with E-state index in [-0.39, 0.29) is 30.5 Å². The van der Waals surface area contributed by atoms with Gasteiger partial charge in [0.25, 0.3) is 0 Å². The third-order valence-electron chi connectivity index (χ3n) is 5.43. The van der Waals surface area contributed by atoms with Crippen LogP contribution < -0.4 is 0 Å². The van der Waals surface area contributed by atoms with Gasteiger partial charge in [-0.25, -0.2) is 0 Å². The van der Waals surface area contributed by atoms with Gasteiger partial charge in [0.15, 0.2) is 0 Å². The number of esters is 1. The molecule has 4 nitrogen and oxygen atoms in total. The second kappa shape index (κ2) is 6.55. The molecule has 1 aliphatic heterocycles. The summed E-state index contributed by atoms with van der Waals surface area (Å²) in [5.74, 6) is 0.708. The maximum atomic E-state index is 11.4. The van der Waals surface area contributed by atoms with E-state index in [0.717, 1.165) is 25.7 Å². The Morgan fingerprint density at radius 1 is 1.32 bits per heavy atom. The number of rotatable bonds is 3. The number of fused-ring (bicyclic) bond motifs is 1. The number of hydrogen-bond donors (Lipinski definition) is 2. The van der Waals surface area contributed by atoms with Crippen molar-refractivity contribution in [2.75, 3.05) is 0 Å². The van der Waals surface area contributed by atoms with Crippen molar-refractivity contribution in [2.45, 2.75) is 63.8 Å². The lowest BCUT2D eigenvalue weighted by atomic mass is 9.66. The summed E-state index contributed by atoms with van der Waals surface area (Å²) >= 11 is 0. The monoisotopic (exact) mass is 306 g/mol. The zero-order valence-corrected chi connectivity index (χ0v) is 13.1. The van der Waals surface area contributed by atoms with Crippen LogP contribution in [0.2, 0.25) is 0 Å². The average molecular weight is 306 g/mol. The Morgan fingerprint density at radius 2 is 2.14 bits per heavy atom. The van der Waals surface area contributed by atoms with Crippen LogP contribution in [0.1, 0.15) is 45.4 Å². The molecule has 2 aliphatic carbocycles. The Balaban J connectivity index is 1.65. The molecule has 0 spiro atoms. The first-order chi connectivity index (χ1) is 10.5. The van der Waals surface area contributed by atoms with E-state index in [1.807, 2.05) is 0 Å². The molecule has 3 rings (SSSR count). The molecule has 6 unspecified atom stereocenters. The first-order valence-corrected chi connectivity index (χ1v) is 8.48. The van der Waals surface area contributed by atoms with Crippen molar-refractivity contribution in [2.24, 2.45) is 17.8 Å². The molecule has 122 valence electrons. The molecule has 1 fully saturated rings. The van der Waals surface area contributed by atoms with Gasteiger partial charge >= 0.3 is 5.97 Å². The fourth-order valence-corrected chi connectivity index (χ4v) is 4.26. The highest BCUT2D eigenvalue weighted by Crippen LogP contribution is 2.42. The summed E-state index contributed by atoms with van der Waals surface area (Å²) in [6, 6.07) is 0. The minimum atomic E-state index is -0.564. The molecule has 0 bridgehead atoms. The van der Waals surface area contributed by atoms with Crippen LogP contribution in [0.15, 0.2) is 23.8 Å². The van der Waals surface area contributed by atoms with E-state index >= 15 is 0 Å². The number of aliphatic hydroxyl groups is 2. The number of ether oxygens (including phenoxy) is 1. The Labute approximate surface area is 131 Å². The Kier molecular flexibility index (Phi) is 4.69. The van der Waals surface area contributed by atoms with E-state index in [4.69, 9.17) is 4.74 Å². The van der Waals surface area contributed by atoms with E-state index in [0.29, 0.717) is 18.3 Å². The number of carbonyl (C=O) groups excluding carboxylic acids is 1. The second-order valence-electron chi connectivity index (χ2n) is 7.04. The molecule has 6 atom stereocenters. The van der Waals surface area contributed by atoms with Crippen molar-refractivity contribution in [3.8, 4) is 0 Å². The molecule has 2 N–H and O–H groups in total. The van der Waals surface area contributed by atoms with Crippen molar-refractivity contribution in [3.05, 3.63) is 23.8 Å². The summed E-state index contributed by atoms with van der Waals surface area (Å²) in [6.07, 6.45) is 9.75. The first-order valence-electron chi connectivity index (χ1n) is 8.48. The van der Waals surface area contributed by atoms with E-state index < -0.39 is 6.10 Å². The molecular weight excluding hydrogens is 280 g/mol. The van der Waals surface area contributed by atoms with Crippen LogP contribution >= 0.6 is 0 Å². The van der Waals surface area contributed by atoms with Crippen LogP contribution in [0.25, 0.3) is 0 Å². The van der Waals surface area contributed by atoms with Gasteiger partial charge < -0.3 is 14.9 Å². The number of hydrogen-bond acceptors (Lipinski definition) is 4. The maximum Gasteiger partial charge on any atom is 0.308 e. The molecule has 22 heavy (non-hydrogen) atoms. The summed E-state index contributed by atoms with van der Waals surface area (Å²) in [4.78, 5) is 11.4. The van der Waals surface area contributed by atoms with Crippen molar-refractivity contribution in [1.82, 2.24) is 0 Å².